The largest absolute Gasteiger partial charge is 0.493 e. The van der Waals surface area contributed by atoms with Gasteiger partial charge >= 0.3 is 0 Å². The number of anilines is 1. The lowest BCUT2D eigenvalue weighted by Crippen LogP contribution is -2.35. The molecular weight excluding hydrogens is 398 g/mol. The highest BCUT2D eigenvalue weighted by atomic mass is 32.1. The maximum atomic E-state index is 6.09. The number of aryl methyl sites for hydroxylation is 1. The fraction of sp³-hybridized carbons (Fsp3) is 0.455. The highest BCUT2D eigenvalue weighted by Crippen LogP contribution is 2.34. The maximum absolute atomic E-state index is 6.09. The molecule has 2 atom stereocenters. The molecule has 1 fully saturated rings. The van der Waals surface area contributed by atoms with Gasteiger partial charge in [0, 0.05) is 60.5 Å². The molecule has 0 aliphatic carbocycles. The molecule has 3 aromatic heterocycles. The number of thiazole rings is 1. The fourth-order valence-corrected chi connectivity index (χ4v) is 4.63. The molecule has 0 radical (unpaired) electrons. The summed E-state index contributed by atoms with van der Waals surface area (Å²) >= 11 is 1.56. The average Bonchev–Trinajstić information content (AvgIpc) is 3.46. The van der Waals surface area contributed by atoms with Gasteiger partial charge in [0.15, 0.2) is 5.82 Å². The van der Waals surface area contributed by atoms with Crippen LogP contribution in [0.15, 0.2) is 29.2 Å². The Hall–Kier alpha value is -2.58. The zero-order chi connectivity index (χ0) is 20.5. The summed E-state index contributed by atoms with van der Waals surface area (Å²) in [4.78, 5) is 20.8. The van der Waals surface area contributed by atoms with Crippen LogP contribution < -0.4 is 9.64 Å². The summed E-state index contributed by atoms with van der Waals surface area (Å²) in [5.41, 5.74) is 5.85. The van der Waals surface area contributed by atoms with Crippen molar-refractivity contribution in [2.75, 3.05) is 31.3 Å². The zero-order valence-corrected chi connectivity index (χ0v) is 18.1. The number of ether oxygens (including phenoxy) is 2. The fourth-order valence-electron chi connectivity index (χ4n) is 4.10. The second-order valence-corrected chi connectivity index (χ2v) is 8.65. The van der Waals surface area contributed by atoms with Crippen LogP contribution in [0.4, 0.5) is 5.82 Å². The van der Waals surface area contributed by atoms with Gasteiger partial charge in [0.25, 0.3) is 0 Å². The van der Waals surface area contributed by atoms with Gasteiger partial charge in [-0.2, -0.15) is 0 Å². The molecule has 0 bridgehead atoms. The molecular formula is C22H25N5O2S. The minimum atomic E-state index is 0.142. The quantitative estimate of drug-likeness (QED) is 0.617. The van der Waals surface area contributed by atoms with Gasteiger partial charge in [-0.3, -0.25) is 0 Å². The first-order valence-electron chi connectivity index (χ1n) is 10.4. The Kier molecular flexibility index (Phi) is 5.35. The summed E-state index contributed by atoms with van der Waals surface area (Å²) in [7, 11) is 0. The molecule has 0 amide bonds. The van der Waals surface area contributed by atoms with E-state index in [0.29, 0.717) is 18.3 Å². The van der Waals surface area contributed by atoms with Crippen molar-refractivity contribution in [3.8, 4) is 17.3 Å². The van der Waals surface area contributed by atoms with Crippen molar-refractivity contribution in [3.63, 3.8) is 0 Å². The molecule has 7 nitrogen and oxygen atoms in total. The Labute approximate surface area is 180 Å². The van der Waals surface area contributed by atoms with Crippen LogP contribution in [0, 0.1) is 12.8 Å². The Bertz CT molecular complexity index is 1020. The molecule has 0 aromatic carbocycles. The Morgan fingerprint density at radius 2 is 2.20 bits per heavy atom. The molecule has 156 valence electrons. The molecule has 0 saturated carbocycles. The van der Waals surface area contributed by atoms with E-state index in [-0.39, 0.29) is 6.04 Å². The summed E-state index contributed by atoms with van der Waals surface area (Å²) in [6.45, 7) is 7.37. The van der Waals surface area contributed by atoms with Crippen molar-refractivity contribution in [1.82, 2.24) is 19.9 Å². The van der Waals surface area contributed by atoms with Crippen molar-refractivity contribution in [3.05, 3.63) is 46.2 Å². The van der Waals surface area contributed by atoms with Gasteiger partial charge in [0.2, 0.25) is 0 Å². The van der Waals surface area contributed by atoms with Crippen molar-refractivity contribution in [2.24, 2.45) is 5.92 Å². The minimum absolute atomic E-state index is 0.142. The average molecular weight is 424 g/mol. The normalized spacial score (nSPS) is 20.9. The topological polar surface area (TPSA) is 73.3 Å². The van der Waals surface area contributed by atoms with Crippen LogP contribution >= 0.6 is 11.3 Å². The van der Waals surface area contributed by atoms with Gasteiger partial charge in [0.1, 0.15) is 17.3 Å². The van der Waals surface area contributed by atoms with E-state index >= 15 is 0 Å². The number of rotatable bonds is 5. The van der Waals surface area contributed by atoms with E-state index in [2.05, 4.69) is 27.9 Å². The van der Waals surface area contributed by atoms with Crippen LogP contribution in [-0.2, 0) is 11.2 Å². The second kappa shape index (κ2) is 8.28. The van der Waals surface area contributed by atoms with Crippen LogP contribution in [0.25, 0.3) is 11.5 Å². The Morgan fingerprint density at radius 1 is 1.27 bits per heavy atom. The summed E-state index contributed by atoms with van der Waals surface area (Å²) in [6, 6.07) is 4.20. The van der Waals surface area contributed by atoms with Crippen LogP contribution in [0.5, 0.6) is 5.75 Å². The molecule has 30 heavy (non-hydrogen) atoms. The maximum Gasteiger partial charge on any atom is 0.179 e. The molecule has 3 aromatic rings. The molecule has 5 heterocycles. The van der Waals surface area contributed by atoms with E-state index in [4.69, 9.17) is 19.4 Å². The SMILES string of the molecule is Cc1cc(OCC2CCOC2)cc(N2CCc3nc(-c4cscn4)ncc3C2C)n1. The number of fused-ring (bicyclic) bond motifs is 1. The van der Waals surface area contributed by atoms with Crippen LogP contribution in [0.1, 0.15) is 36.3 Å². The first-order valence-corrected chi connectivity index (χ1v) is 11.3. The van der Waals surface area contributed by atoms with Gasteiger partial charge in [0.05, 0.1) is 30.5 Å². The monoisotopic (exact) mass is 423 g/mol. The van der Waals surface area contributed by atoms with E-state index in [9.17, 15) is 0 Å². The molecule has 0 spiro atoms. The summed E-state index contributed by atoms with van der Waals surface area (Å²) in [5, 5.41) is 1.98. The van der Waals surface area contributed by atoms with Gasteiger partial charge < -0.3 is 14.4 Å². The molecule has 2 aliphatic rings. The second-order valence-electron chi connectivity index (χ2n) is 7.93. The predicted octanol–water partition coefficient (Wildman–Crippen LogP) is 3.84. The first kappa shape index (κ1) is 19.4. The summed E-state index contributed by atoms with van der Waals surface area (Å²) in [5.74, 6) is 3.00. The predicted molar refractivity (Wildman–Crippen MR) is 116 cm³/mol. The number of nitrogens with zero attached hydrogens (tertiary/aromatic N) is 5. The van der Waals surface area contributed by atoms with Gasteiger partial charge in [-0.05, 0) is 20.3 Å². The van der Waals surface area contributed by atoms with Gasteiger partial charge in [-0.1, -0.05) is 0 Å². The van der Waals surface area contributed by atoms with Crippen molar-refractivity contribution in [2.45, 2.75) is 32.7 Å². The van der Waals surface area contributed by atoms with E-state index in [1.807, 2.05) is 30.1 Å². The molecule has 2 aliphatic heterocycles. The minimum Gasteiger partial charge on any atom is -0.493 e. The first-order chi connectivity index (χ1) is 14.7. The van der Waals surface area contributed by atoms with Crippen LogP contribution in [0.3, 0.4) is 0 Å². The summed E-state index contributed by atoms with van der Waals surface area (Å²) < 4.78 is 11.5. The van der Waals surface area contributed by atoms with Crippen molar-refractivity contribution >= 4 is 17.2 Å². The van der Waals surface area contributed by atoms with E-state index in [0.717, 1.165) is 66.8 Å². The highest BCUT2D eigenvalue weighted by Gasteiger charge is 2.27. The lowest BCUT2D eigenvalue weighted by atomic mass is 9.99. The van der Waals surface area contributed by atoms with Crippen LogP contribution in [0.2, 0.25) is 0 Å². The Morgan fingerprint density at radius 3 is 3.00 bits per heavy atom. The van der Waals surface area contributed by atoms with Gasteiger partial charge in [-0.25, -0.2) is 19.9 Å². The number of hydrogen-bond donors (Lipinski definition) is 0. The standard InChI is InChI=1S/C22H25N5O2S/c1-14-7-17(29-11-16-4-6-28-10-16)8-21(25-14)27-5-3-19-18(15(27)2)9-23-22(26-19)20-12-30-13-24-20/h7-9,12-13,15-16H,3-6,10-11H2,1-2H3. The van der Waals surface area contributed by atoms with E-state index in [1.54, 1.807) is 11.3 Å². The van der Waals surface area contributed by atoms with Crippen molar-refractivity contribution < 1.29 is 9.47 Å². The lowest BCUT2D eigenvalue weighted by molar-refractivity contribution is 0.167. The van der Waals surface area contributed by atoms with Crippen LogP contribution in [-0.4, -0.2) is 46.3 Å². The third-order valence-electron chi connectivity index (χ3n) is 5.79. The van der Waals surface area contributed by atoms with E-state index in [1.165, 1.54) is 0 Å². The lowest BCUT2D eigenvalue weighted by Gasteiger charge is -2.35. The highest BCUT2D eigenvalue weighted by molar-refractivity contribution is 7.07. The molecule has 1 saturated heterocycles. The van der Waals surface area contributed by atoms with Gasteiger partial charge in [-0.15, -0.1) is 11.3 Å². The molecule has 0 N–H and O–H groups in total. The number of pyridine rings is 1. The van der Waals surface area contributed by atoms with E-state index < -0.39 is 0 Å². The smallest absolute Gasteiger partial charge is 0.179 e. The van der Waals surface area contributed by atoms with Crippen molar-refractivity contribution in [1.29, 1.82) is 0 Å². The third-order valence-corrected chi connectivity index (χ3v) is 6.37. The third kappa shape index (κ3) is 3.89. The number of hydrogen-bond acceptors (Lipinski definition) is 8. The number of aromatic nitrogens is 4. The summed E-state index contributed by atoms with van der Waals surface area (Å²) in [6.07, 6.45) is 3.87. The Balaban J connectivity index is 1.36. The zero-order valence-electron chi connectivity index (χ0n) is 17.2. The molecule has 2 unspecified atom stereocenters. The molecule has 5 rings (SSSR count). The molecule has 8 heteroatoms.